The third kappa shape index (κ3) is 4.31. The van der Waals surface area contributed by atoms with E-state index < -0.39 is 0 Å². The van der Waals surface area contributed by atoms with Crippen LogP contribution < -0.4 is 0 Å². The summed E-state index contributed by atoms with van der Waals surface area (Å²) in [6, 6.07) is 0. The van der Waals surface area contributed by atoms with Crippen LogP contribution in [0.4, 0.5) is 0 Å². The highest BCUT2D eigenvalue weighted by atomic mass is 16.5. The molecule has 0 spiro atoms. The number of ether oxygens (including phenoxy) is 2. The van der Waals surface area contributed by atoms with Crippen molar-refractivity contribution >= 4 is 11.8 Å². The van der Waals surface area contributed by atoms with E-state index in [1.54, 1.807) is 5.57 Å². The third-order valence-corrected chi connectivity index (χ3v) is 9.57. The van der Waals surface area contributed by atoms with Crippen molar-refractivity contribution in [2.75, 3.05) is 33.9 Å². The van der Waals surface area contributed by atoms with Gasteiger partial charge in [-0.1, -0.05) is 19.4 Å². The van der Waals surface area contributed by atoms with Crippen LogP contribution >= 0.6 is 0 Å². The van der Waals surface area contributed by atoms with Gasteiger partial charge >= 0.3 is 5.97 Å². The Kier molecular flexibility index (Phi) is 6.83. The topological polar surface area (TPSA) is 55.8 Å². The molecule has 33 heavy (non-hydrogen) atoms. The molecule has 4 aliphatic rings. The fourth-order valence-electron chi connectivity index (χ4n) is 8.20. The van der Waals surface area contributed by atoms with E-state index in [9.17, 15) is 9.59 Å². The van der Waals surface area contributed by atoms with Gasteiger partial charge < -0.3 is 14.4 Å². The van der Waals surface area contributed by atoms with Crippen LogP contribution in [0.5, 0.6) is 0 Å². The number of carbonyl (C=O) groups is 2. The first-order valence-corrected chi connectivity index (χ1v) is 13.0. The minimum absolute atomic E-state index is 0.0223. The van der Waals surface area contributed by atoms with Gasteiger partial charge in [0.25, 0.3) is 0 Å². The maximum atomic E-state index is 13.1. The van der Waals surface area contributed by atoms with Gasteiger partial charge in [-0.25, -0.2) is 0 Å². The Hall–Kier alpha value is -1.62. The number of allylic oxidation sites excluding steroid dienone is 3. The van der Waals surface area contributed by atoms with Crippen molar-refractivity contribution in [2.45, 2.75) is 72.6 Å². The number of ketones is 1. The Balaban J connectivity index is 1.65. The van der Waals surface area contributed by atoms with Crippen molar-refractivity contribution < 1.29 is 19.1 Å². The van der Waals surface area contributed by atoms with Gasteiger partial charge in [-0.2, -0.15) is 0 Å². The number of fused-ring (bicyclic) bond motifs is 5. The zero-order valence-electron chi connectivity index (χ0n) is 21.5. The predicted octanol–water partition coefficient (Wildman–Crippen LogP) is 5.16. The smallest absolute Gasteiger partial charge is 0.303 e. The van der Waals surface area contributed by atoms with Crippen LogP contribution in [0.25, 0.3) is 0 Å². The molecule has 4 aliphatic carbocycles. The molecule has 5 heteroatoms. The maximum Gasteiger partial charge on any atom is 0.303 e. The van der Waals surface area contributed by atoms with Gasteiger partial charge in [0, 0.05) is 25.8 Å². The van der Waals surface area contributed by atoms with Gasteiger partial charge in [-0.15, -0.1) is 0 Å². The van der Waals surface area contributed by atoms with Crippen LogP contribution in [-0.2, 0) is 19.1 Å². The molecule has 0 bridgehead atoms. The van der Waals surface area contributed by atoms with Gasteiger partial charge in [0.05, 0.1) is 12.4 Å². The minimum Gasteiger partial charge on any atom is -0.498 e. The lowest BCUT2D eigenvalue weighted by Crippen LogP contribution is -2.51. The molecular weight excluding hydrogens is 414 g/mol. The Morgan fingerprint density at radius 2 is 1.88 bits per heavy atom. The van der Waals surface area contributed by atoms with Crippen LogP contribution in [0.2, 0.25) is 0 Å². The Labute approximate surface area is 200 Å². The molecule has 184 valence electrons. The third-order valence-electron chi connectivity index (χ3n) is 9.57. The van der Waals surface area contributed by atoms with E-state index in [0.29, 0.717) is 17.8 Å². The predicted molar refractivity (Wildman–Crippen MR) is 129 cm³/mol. The Morgan fingerprint density at radius 1 is 1.12 bits per heavy atom. The molecule has 0 aliphatic heterocycles. The SMILES string of the molecule is CCOC1=CC2=C(CN(C)C)C[C@H]3[C@@H]4CC[C@H](C(=O)COC(C)=O)[C@@]4(C)CC[C@@H]3[C@@]2(C)CC1. The minimum atomic E-state index is -0.366. The number of likely N-dealkylation sites (N-methyl/N-ethyl adjacent to an activating group) is 1. The summed E-state index contributed by atoms with van der Waals surface area (Å²) in [5.74, 6) is 2.79. The largest absolute Gasteiger partial charge is 0.498 e. The second-order valence-electron chi connectivity index (χ2n) is 11.7. The first-order valence-electron chi connectivity index (χ1n) is 13.0. The number of hydrogen-bond donors (Lipinski definition) is 0. The van der Waals surface area contributed by atoms with Gasteiger partial charge in [0.2, 0.25) is 0 Å². The van der Waals surface area contributed by atoms with Gasteiger partial charge in [0.1, 0.15) is 6.61 Å². The average Bonchev–Trinajstić information content (AvgIpc) is 3.10. The molecule has 0 aromatic rings. The van der Waals surface area contributed by atoms with Crippen LogP contribution in [0, 0.1) is 34.5 Å². The molecule has 4 rings (SSSR count). The molecule has 6 atom stereocenters. The molecule has 0 radical (unpaired) electrons. The second-order valence-corrected chi connectivity index (χ2v) is 11.7. The summed E-state index contributed by atoms with van der Waals surface area (Å²) in [7, 11) is 4.33. The normalized spacial score (nSPS) is 37.7. The van der Waals surface area contributed by atoms with Crippen molar-refractivity contribution in [2.24, 2.45) is 34.5 Å². The van der Waals surface area contributed by atoms with E-state index in [1.165, 1.54) is 18.9 Å². The van der Waals surface area contributed by atoms with E-state index >= 15 is 0 Å². The van der Waals surface area contributed by atoms with E-state index in [-0.39, 0.29) is 35.1 Å². The lowest BCUT2D eigenvalue weighted by atomic mass is 9.47. The van der Waals surface area contributed by atoms with E-state index in [4.69, 9.17) is 9.47 Å². The Morgan fingerprint density at radius 3 is 2.55 bits per heavy atom. The molecule has 0 N–H and O–H groups in total. The quantitative estimate of drug-likeness (QED) is 0.494. The average molecular weight is 458 g/mol. The summed E-state index contributed by atoms with van der Waals surface area (Å²) < 4.78 is 11.1. The number of hydrogen-bond acceptors (Lipinski definition) is 5. The fourth-order valence-corrected chi connectivity index (χ4v) is 8.20. The summed E-state index contributed by atoms with van der Waals surface area (Å²) >= 11 is 0. The Bertz CT molecular complexity index is 858. The van der Waals surface area contributed by atoms with Crippen LogP contribution in [-0.4, -0.2) is 50.5 Å². The molecule has 2 saturated carbocycles. The summed E-state index contributed by atoms with van der Waals surface area (Å²) in [5.41, 5.74) is 3.32. The highest BCUT2D eigenvalue weighted by Gasteiger charge is 2.60. The standard InChI is InChI=1S/C28H43NO4/c1-7-32-20-10-12-28(4)23-11-13-27(3)22(8-9-24(27)26(31)17-33-18(2)30)21(23)14-19(16-29(5)6)25(28)15-20/h15,21-24H,7-14,16-17H2,1-6H3/t21-,22-,23-,24+,27-,28+/m0/s1. The molecule has 0 unspecified atom stereocenters. The number of carbonyl (C=O) groups excluding carboxylic acids is 2. The summed E-state index contributed by atoms with van der Waals surface area (Å²) in [6.07, 6.45) is 10.0. The number of Topliss-reactive ketones (excluding diaryl/α,β-unsaturated/α-hetero) is 1. The molecule has 5 nitrogen and oxygen atoms in total. The zero-order valence-corrected chi connectivity index (χ0v) is 21.5. The monoisotopic (exact) mass is 457 g/mol. The first-order chi connectivity index (χ1) is 15.6. The molecule has 0 amide bonds. The van der Waals surface area contributed by atoms with Crippen molar-refractivity contribution in [3.8, 4) is 0 Å². The molecular formula is C28H43NO4. The molecule has 0 saturated heterocycles. The maximum absolute atomic E-state index is 13.1. The first kappa shape index (κ1) is 24.5. The highest BCUT2D eigenvalue weighted by Crippen LogP contribution is 2.67. The van der Waals surface area contributed by atoms with E-state index in [0.717, 1.165) is 57.4 Å². The highest BCUT2D eigenvalue weighted by molar-refractivity contribution is 5.85. The number of nitrogens with zero attached hydrogens (tertiary/aromatic N) is 1. The van der Waals surface area contributed by atoms with Crippen LogP contribution in [0.3, 0.4) is 0 Å². The van der Waals surface area contributed by atoms with Crippen LogP contribution in [0.15, 0.2) is 23.0 Å². The molecule has 0 aromatic carbocycles. The van der Waals surface area contributed by atoms with E-state index in [2.05, 4.69) is 45.8 Å². The summed E-state index contributed by atoms with van der Waals surface area (Å²) in [6.45, 7) is 9.98. The number of esters is 1. The van der Waals surface area contributed by atoms with E-state index in [1.807, 2.05) is 0 Å². The summed E-state index contributed by atoms with van der Waals surface area (Å²) in [5, 5.41) is 0. The van der Waals surface area contributed by atoms with Crippen molar-refractivity contribution in [1.82, 2.24) is 4.90 Å². The van der Waals surface area contributed by atoms with Crippen molar-refractivity contribution in [3.63, 3.8) is 0 Å². The molecule has 0 heterocycles. The van der Waals surface area contributed by atoms with Gasteiger partial charge in [-0.3, -0.25) is 9.59 Å². The number of rotatable bonds is 7. The van der Waals surface area contributed by atoms with Crippen LogP contribution in [0.1, 0.15) is 72.6 Å². The lowest BCUT2D eigenvalue weighted by molar-refractivity contribution is -0.149. The lowest BCUT2D eigenvalue weighted by Gasteiger charge is -2.58. The molecule has 2 fully saturated rings. The van der Waals surface area contributed by atoms with Gasteiger partial charge in [-0.05, 0) is 99.8 Å². The zero-order chi connectivity index (χ0) is 24.0. The van der Waals surface area contributed by atoms with Gasteiger partial charge in [0.15, 0.2) is 5.78 Å². The summed E-state index contributed by atoms with van der Waals surface area (Å²) in [4.78, 5) is 26.6. The van der Waals surface area contributed by atoms with Crippen molar-refractivity contribution in [1.29, 1.82) is 0 Å². The molecule has 0 aromatic heterocycles. The second kappa shape index (κ2) is 9.20. The van der Waals surface area contributed by atoms with Crippen molar-refractivity contribution in [3.05, 3.63) is 23.0 Å². The fraction of sp³-hybridized carbons (Fsp3) is 0.786.